The van der Waals surface area contributed by atoms with Gasteiger partial charge in [-0.2, -0.15) is 5.26 Å². The van der Waals surface area contributed by atoms with Gasteiger partial charge >= 0.3 is 5.97 Å². The van der Waals surface area contributed by atoms with Crippen LogP contribution in [0.3, 0.4) is 0 Å². The molecule has 8 nitrogen and oxygen atoms in total. The lowest BCUT2D eigenvalue weighted by Gasteiger charge is -2.21. The fourth-order valence-electron chi connectivity index (χ4n) is 2.84. The van der Waals surface area contributed by atoms with Gasteiger partial charge in [-0.15, -0.1) is 0 Å². The first kappa shape index (κ1) is 21.0. The van der Waals surface area contributed by atoms with Crippen LogP contribution >= 0.6 is 0 Å². The Hall–Kier alpha value is -3.73. The second kappa shape index (κ2) is 9.65. The van der Waals surface area contributed by atoms with Gasteiger partial charge in [0.15, 0.2) is 24.2 Å². The average molecular weight is 410 g/mol. The number of hydrogen-bond acceptors (Lipinski definition) is 7. The van der Waals surface area contributed by atoms with Crippen molar-refractivity contribution in [2.75, 3.05) is 19.9 Å². The van der Waals surface area contributed by atoms with E-state index in [9.17, 15) is 9.59 Å². The zero-order valence-corrected chi connectivity index (χ0v) is 16.8. The van der Waals surface area contributed by atoms with Crippen LogP contribution in [-0.2, 0) is 20.9 Å². The second-order valence-corrected chi connectivity index (χ2v) is 6.60. The summed E-state index contributed by atoms with van der Waals surface area (Å²) < 4.78 is 21.3. The molecule has 0 saturated carbocycles. The summed E-state index contributed by atoms with van der Waals surface area (Å²) in [6.07, 6.45) is -0.894. The number of rotatable bonds is 8. The lowest BCUT2D eigenvalue weighted by Crippen LogP contribution is -2.36. The SMILES string of the molecule is CCN(Cc1ccc2c(c1)OCO2)C(=O)COC(=O)[C@H](C)Oc1ccc(C#N)cc1. The molecular formula is C22H22N2O6. The molecule has 0 N–H and O–H groups in total. The van der Waals surface area contributed by atoms with Crippen LogP contribution in [-0.4, -0.2) is 42.8 Å². The summed E-state index contributed by atoms with van der Waals surface area (Å²) in [6, 6.07) is 13.9. The predicted molar refractivity (Wildman–Crippen MR) is 106 cm³/mol. The number of fused-ring (bicyclic) bond motifs is 1. The lowest BCUT2D eigenvalue weighted by molar-refractivity contribution is -0.157. The first-order chi connectivity index (χ1) is 14.5. The molecule has 1 heterocycles. The molecule has 1 amide bonds. The van der Waals surface area contributed by atoms with E-state index >= 15 is 0 Å². The van der Waals surface area contributed by atoms with Gasteiger partial charge < -0.3 is 23.8 Å². The van der Waals surface area contributed by atoms with Gasteiger partial charge in [0, 0.05) is 13.1 Å². The Morgan fingerprint density at radius 1 is 1.17 bits per heavy atom. The fraction of sp³-hybridized carbons (Fsp3) is 0.318. The van der Waals surface area contributed by atoms with E-state index in [1.165, 1.54) is 6.92 Å². The van der Waals surface area contributed by atoms with Crippen LogP contribution in [0.5, 0.6) is 17.2 Å². The monoisotopic (exact) mass is 410 g/mol. The fourth-order valence-corrected chi connectivity index (χ4v) is 2.84. The van der Waals surface area contributed by atoms with Crippen molar-refractivity contribution in [2.45, 2.75) is 26.5 Å². The summed E-state index contributed by atoms with van der Waals surface area (Å²) in [5.74, 6) is 0.804. The van der Waals surface area contributed by atoms with Gasteiger partial charge in [-0.25, -0.2) is 4.79 Å². The van der Waals surface area contributed by atoms with E-state index in [1.807, 2.05) is 25.1 Å². The van der Waals surface area contributed by atoms with Gasteiger partial charge in [-0.1, -0.05) is 6.07 Å². The summed E-state index contributed by atoms with van der Waals surface area (Å²) in [5, 5.41) is 8.81. The van der Waals surface area contributed by atoms with Gasteiger partial charge in [-0.3, -0.25) is 4.79 Å². The van der Waals surface area contributed by atoms with Crippen molar-refractivity contribution in [1.29, 1.82) is 5.26 Å². The highest BCUT2D eigenvalue weighted by molar-refractivity contribution is 5.82. The van der Waals surface area contributed by atoms with Crippen molar-refractivity contribution in [3.05, 3.63) is 53.6 Å². The summed E-state index contributed by atoms with van der Waals surface area (Å²) in [7, 11) is 0. The Balaban J connectivity index is 1.49. The molecule has 2 aromatic rings. The second-order valence-electron chi connectivity index (χ2n) is 6.60. The smallest absolute Gasteiger partial charge is 0.347 e. The number of carbonyl (C=O) groups is 2. The normalized spacial score (nSPS) is 12.6. The number of nitrogens with zero attached hydrogens (tertiary/aromatic N) is 2. The van der Waals surface area contributed by atoms with Crippen LogP contribution in [0.4, 0.5) is 0 Å². The molecule has 0 saturated heterocycles. The highest BCUT2D eigenvalue weighted by Gasteiger charge is 2.21. The summed E-state index contributed by atoms with van der Waals surface area (Å²) in [4.78, 5) is 26.2. The molecule has 8 heteroatoms. The highest BCUT2D eigenvalue weighted by Crippen LogP contribution is 2.32. The topological polar surface area (TPSA) is 98.1 Å². The molecule has 156 valence electrons. The first-order valence-corrected chi connectivity index (χ1v) is 9.50. The van der Waals surface area contributed by atoms with E-state index in [2.05, 4.69) is 0 Å². The molecule has 0 radical (unpaired) electrons. The van der Waals surface area contributed by atoms with Gasteiger partial charge in [0.2, 0.25) is 6.79 Å². The number of amides is 1. The van der Waals surface area contributed by atoms with Crippen LogP contribution in [0.2, 0.25) is 0 Å². The number of benzene rings is 2. The molecule has 30 heavy (non-hydrogen) atoms. The molecule has 1 atom stereocenters. The molecule has 0 fully saturated rings. The van der Waals surface area contributed by atoms with Gasteiger partial charge in [0.25, 0.3) is 5.91 Å². The molecular weight excluding hydrogens is 388 g/mol. The van der Waals surface area contributed by atoms with Crippen molar-refractivity contribution in [1.82, 2.24) is 4.90 Å². The number of hydrogen-bond donors (Lipinski definition) is 0. The van der Waals surface area contributed by atoms with E-state index < -0.39 is 12.1 Å². The number of ether oxygens (including phenoxy) is 4. The largest absolute Gasteiger partial charge is 0.479 e. The Morgan fingerprint density at radius 2 is 1.90 bits per heavy atom. The van der Waals surface area contributed by atoms with Crippen molar-refractivity contribution in [2.24, 2.45) is 0 Å². The number of carbonyl (C=O) groups excluding carboxylic acids is 2. The molecule has 0 aromatic heterocycles. The maximum absolute atomic E-state index is 12.5. The van der Waals surface area contributed by atoms with Crippen LogP contribution in [0.25, 0.3) is 0 Å². The standard InChI is InChI=1S/C22H22N2O6/c1-3-24(12-17-6-9-19-20(10-17)29-14-28-19)21(25)13-27-22(26)15(2)30-18-7-4-16(11-23)5-8-18/h4-10,15H,3,12-14H2,1-2H3/t15-/m0/s1. The molecule has 0 aliphatic carbocycles. The van der Waals surface area contributed by atoms with Gasteiger partial charge in [0.05, 0.1) is 11.6 Å². The minimum atomic E-state index is -0.894. The minimum absolute atomic E-state index is 0.188. The van der Waals surface area contributed by atoms with Crippen LogP contribution in [0.15, 0.2) is 42.5 Å². The van der Waals surface area contributed by atoms with Gasteiger partial charge in [-0.05, 0) is 55.8 Å². The Labute approximate surface area is 174 Å². The zero-order chi connectivity index (χ0) is 21.5. The molecule has 0 bridgehead atoms. The summed E-state index contributed by atoms with van der Waals surface area (Å²) in [5.41, 5.74) is 1.38. The van der Waals surface area contributed by atoms with Crippen molar-refractivity contribution in [3.63, 3.8) is 0 Å². The maximum atomic E-state index is 12.5. The number of esters is 1. The van der Waals surface area contributed by atoms with Crippen molar-refractivity contribution >= 4 is 11.9 Å². The Bertz CT molecular complexity index is 951. The van der Waals surface area contributed by atoms with Crippen LogP contribution in [0, 0.1) is 11.3 Å². The minimum Gasteiger partial charge on any atom is -0.479 e. The average Bonchev–Trinajstić information content (AvgIpc) is 3.23. The predicted octanol–water partition coefficient (Wildman–Crippen LogP) is 2.65. The number of likely N-dealkylation sites (N-methyl/N-ethyl adjacent to an activating group) is 1. The third-order valence-electron chi connectivity index (χ3n) is 4.51. The maximum Gasteiger partial charge on any atom is 0.347 e. The van der Waals surface area contributed by atoms with E-state index in [4.69, 9.17) is 24.2 Å². The van der Waals surface area contributed by atoms with E-state index in [-0.39, 0.29) is 19.3 Å². The third kappa shape index (κ3) is 5.20. The molecule has 3 rings (SSSR count). The molecule has 2 aromatic carbocycles. The van der Waals surface area contributed by atoms with Crippen molar-refractivity contribution < 1.29 is 28.5 Å². The van der Waals surface area contributed by atoms with Crippen molar-refractivity contribution in [3.8, 4) is 23.3 Å². The van der Waals surface area contributed by atoms with E-state index in [0.717, 1.165) is 5.56 Å². The molecule has 0 spiro atoms. The zero-order valence-electron chi connectivity index (χ0n) is 16.8. The van der Waals surface area contributed by atoms with Crippen LogP contribution in [0.1, 0.15) is 25.0 Å². The summed E-state index contributed by atoms with van der Waals surface area (Å²) in [6.45, 7) is 4.02. The Kier molecular flexibility index (Phi) is 6.75. The third-order valence-corrected chi connectivity index (χ3v) is 4.51. The van der Waals surface area contributed by atoms with Gasteiger partial charge in [0.1, 0.15) is 5.75 Å². The Morgan fingerprint density at radius 3 is 2.60 bits per heavy atom. The quantitative estimate of drug-likeness (QED) is 0.617. The molecule has 0 unspecified atom stereocenters. The molecule has 1 aliphatic heterocycles. The van der Waals surface area contributed by atoms with E-state index in [1.54, 1.807) is 35.2 Å². The van der Waals surface area contributed by atoms with E-state index in [0.29, 0.717) is 35.9 Å². The van der Waals surface area contributed by atoms with Crippen LogP contribution < -0.4 is 14.2 Å². The molecule has 1 aliphatic rings. The first-order valence-electron chi connectivity index (χ1n) is 9.50. The highest BCUT2D eigenvalue weighted by atomic mass is 16.7. The lowest BCUT2D eigenvalue weighted by atomic mass is 10.2. The number of nitriles is 1. The summed E-state index contributed by atoms with van der Waals surface area (Å²) >= 11 is 0.